The van der Waals surface area contributed by atoms with Crippen LogP contribution in [-0.2, 0) is 6.61 Å². The van der Waals surface area contributed by atoms with Crippen LogP contribution >= 0.6 is 0 Å². The first-order valence-electron chi connectivity index (χ1n) is 12.6. The minimum Gasteiger partial charge on any atom is -0.485 e. The molecule has 37 heavy (non-hydrogen) atoms. The zero-order valence-corrected chi connectivity index (χ0v) is 20.6. The van der Waals surface area contributed by atoms with E-state index < -0.39 is 29.7 Å². The van der Waals surface area contributed by atoms with Crippen LogP contribution in [0.25, 0.3) is 0 Å². The van der Waals surface area contributed by atoms with E-state index in [0.717, 1.165) is 24.8 Å². The number of benzene rings is 2. The third-order valence-electron chi connectivity index (χ3n) is 7.28. The number of hydrogen-bond donors (Lipinski definition) is 2. The molecule has 1 aliphatic heterocycles. The highest BCUT2D eigenvalue weighted by Crippen LogP contribution is 2.43. The highest BCUT2D eigenvalue weighted by atomic mass is 19.4. The van der Waals surface area contributed by atoms with Crippen molar-refractivity contribution in [3.63, 3.8) is 0 Å². The Morgan fingerprint density at radius 3 is 2.27 bits per heavy atom. The first-order chi connectivity index (χ1) is 17.6. The molecule has 1 heterocycles. The molecule has 2 N–H and O–H groups in total. The summed E-state index contributed by atoms with van der Waals surface area (Å²) in [6.45, 7) is 2.14. The topological polar surface area (TPSA) is 82.5 Å². The van der Waals surface area contributed by atoms with Crippen molar-refractivity contribution in [2.45, 2.75) is 56.6 Å². The van der Waals surface area contributed by atoms with Crippen LogP contribution in [0.5, 0.6) is 11.5 Å². The summed E-state index contributed by atoms with van der Waals surface area (Å²) in [6, 6.07) is 13.6. The zero-order valence-electron chi connectivity index (χ0n) is 20.6. The summed E-state index contributed by atoms with van der Waals surface area (Å²) in [5, 5.41) is 20.9. The van der Waals surface area contributed by atoms with Crippen LogP contribution in [-0.4, -0.2) is 70.8 Å². The van der Waals surface area contributed by atoms with E-state index in [9.17, 15) is 28.2 Å². The molecule has 202 valence electrons. The van der Waals surface area contributed by atoms with Crippen molar-refractivity contribution in [1.29, 1.82) is 0 Å². The molecule has 1 amide bonds. The van der Waals surface area contributed by atoms with E-state index in [1.54, 1.807) is 6.07 Å². The van der Waals surface area contributed by atoms with Gasteiger partial charge in [-0.3, -0.25) is 4.90 Å². The second kappa shape index (κ2) is 11.6. The summed E-state index contributed by atoms with van der Waals surface area (Å²) in [5.41, 5.74) is 0.264. The van der Waals surface area contributed by atoms with Crippen molar-refractivity contribution in [3.8, 4) is 11.5 Å². The normalized spacial score (nSPS) is 19.3. The van der Waals surface area contributed by atoms with Crippen molar-refractivity contribution in [3.05, 3.63) is 59.7 Å². The van der Waals surface area contributed by atoms with Gasteiger partial charge in [0.05, 0.1) is 5.60 Å². The summed E-state index contributed by atoms with van der Waals surface area (Å²) in [4.78, 5) is 14.7. The van der Waals surface area contributed by atoms with E-state index in [2.05, 4.69) is 9.64 Å². The number of aliphatic hydroxyl groups is 1. The van der Waals surface area contributed by atoms with Gasteiger partial charge in [0, 0.05) is 38.6 Å². The third kappa shape index (κ3) is 7.29. The molecular formula is C27H33F3N2O5. The molecule has 2 aromatic carbocycles. The SMILES string of the molecule is O=C(O)N1CCN(CC(c2ccc(OCc3ccccc3)c(OC(F)(F)F)c2)C2(O)CCCCC2)CC1. The molecule has 7 nitrogen and oxygen atoms in total. The van der Waals surface area contributed by atoms with Crippen molar-refractivity contribution in [1.82, 2.24) is 9.80 Å². The Labute approximate surface area is 214 Å². The van der Waals surface area contributed by atoms with Crippen molar-refractivity contribution >= 4 is 6.09 Å². The van der Waals surface area contributed by atoms with E-state index in [4.69, 9.17) is 4.74 Å². The molecule has 1 atom stereocenters. The fraction of sp³-hybridized carbons (Fsp3) is 0.519. The summed E-state index contributed by atoms with van der Waals surface area (Å²) in [5.74, 6) is -0.946. The van der Waals surface area contributed by atoms with Gasteiger partial charge in [-0.1, -0.05) is 55.7 Å². The maximum absolute atomic E-state index is 13.3. The lowest BCUT2D eigenvalue weighted by Gasteiger charge is -2.43. The van der Waals surface area contributed by atoms with E-state index in [-0.39, 0.29) is 12.4 Å². The van der Waals surface area contributed by atoms with Gasteiger partial charge in [-0.25, -0.2) is 4.79 Å². The molecule has 2 fully saturated rings. The number of ether oxygens (including phenoxy) is 2. The molecule has 4 rings (SSSR count). The highest BCUT2D eigenvalue weighted by Gasteiger charge is 2.41. The second-order valence-corrected chi connectivity index (χ2v) is 9.82. The van der Waals surface area contributed by atoms with Gasteiger partial charge in [0.25, 0.3) is 0 Å². The Morgan fingerprint density at radius 1 is 0.973 bits per heavy atom. The number of nitrogens with zero attached hydrogens (tertiary/aromatic N) is 2. The minimum atomic E-state index is -4.91. The Kier molecular flexibility index (Phi) is 8.49. The summed E-state index contributed by atoms with van der Waals surface area (Å²) >= 11 is 0. The maximum atomic E-state index is 13.3. The van der Waals surface area contributed by atoms with Gasteiger partial charge in [-0.05, 0) is 36.1 Å². The fourth-order valence-corrected chi connectivity index (χ4v) is 5.28. The predicted molar refractivity (Wildman–Crippen MR) is 131 cm³/mol. The Hall–Kier alpha value is -2.98. The number of piperazine rings is 1. The predicted octanol–water partition coefficient (Wildman–Crippen LogP) is 5.24. The third-order valence-corrected chi connectivity index (χ3v) is 7.28. The number of amides is 1. The van der Waals surface area contributed by atoms with Gasteiger partial charge in [-0.15, -0.1) is 13.2 Å². The molecule has 1 saturated heterocycles. The van der Waals surface area contributed by atoms with Gasteiger partial charge >= 0.3 is 12.5 Å². The quantitative estimate of drug-likeness (QED) is 0.494. The lowest BCUT2D eigenvalue weighted by Crippen LogP contribution is -2.51. The zero-order chi connectivity index (χ0) is 26.5. The molecule has 1 saturated carbocycles. The molecule has 0 aromatic heterocycles. The van der Waals surface area contributed by atoms with Crippen LogP contribution in [0.3, 0.4) is 0 Å². The molecule has 0 radical (unpaired) electrons. The first kappa shape index (κ1) is 27.1. The Morgan fingerprint density at radius 2 is 1.65 bits per heavy atom. The van der Waals surface area contributed by atoms with Crippen LogP contribution in [0.2, 0.25) is 0 Å². The van der Waals surface area contributed by atoms with E-state index >= 15 is 0 Å². The van der Waals surface area contributed by atoms with Crippen molar-refractivity contribution < 1.29 is 37.7 Å². The lowest BCUT2D eigenvalue weighted by atomic mass is 9.72. The average molecular weight is 523 g/mol. The number of carboxylic acid groups (broad SMARTS) is 1. The Balaban J connectivity index is 1.60. The maximum Gasteiger partial charge on any atom is 0.573 e. The first-order valence-corrected chi connectivity index (χ1v) is 12.6. The number of rotatable bonds is 8. The molecule has 1 unspecified atom stereocenters. The Bertz CT molecular complexity index is 1040. The van der Waals surface area contributed by atoms with E-state index in [1.807, 2.05) is 30.3 Å². The van der Waals surface area contributed by atoms with E-state index in [0.29, 0.717) is 51.1 Å². The van der Waals surface area contributed by atoms with Crippen LogP contribution in [0.1, 0.15) is 49.1 Å². The summed E-state index contributed by atoms with van der Waals surface area (Å²) in [6.07, 6.45) is -2.10. The fourth-order valence-electron chi connectivity index (χ4n) is 5.28. The molecular weight excluding hydrogens is 489 g/mol. The standard InChI is InChI=1S/C27H33F3N2O5/c28-27(29,30)37-24-17-21(9-10-23(24)36-19-20-7-3-1-4-8-20)22(26(35)11-5-2-6-12-26)18-31-13-15-32(16-14-31)25(33)34/h1,3-4,7-10,17,22,35H,2,5-6,11-16,18-19H2,(H,33,34). The number of hydrogen-bond acceptors (Lipinski definition) is 5. The average Bonchev–Trinajstić information content (AvgIpc) is 2.87. The minimum absolute atomic E-state index is 0.0330. The van der Waals surface area contributed by atoms with E-state index in [1.165, 1.54) is 17.0 Å². The molecule has 10 heteroatoms. The van der Waals surface area contributed by atoms with Crippen LogP contribution < -0.4 is 9.47 Å². The van der Waals surface area contributed by atoms with Crippen molar-refractivity contribution in [2.75, 3.05) is 32.7 Å². The molecule has 0 spiro atoms. The number of carbonyl (C=O) groups is 1. The van der Waals surface area contributed by atoms with Gasteiger partial charge in [-0.2, -0.15) is 0 Å². The lowest BCUT2D eigenvalue weighted by molar-refractivity contribution is -0.275. The van der Waals surface area contributed by atoms with Crippen molar-refractivity contribution in [2.24, 2.45) is 0 Å². The van der Waals surface area contributed by atoms with Gasteiger partial charge in [0.15, 0.2) is 11.5 Å². The largest absolute Gasteiger partial charge is 0.573 e. The second-order valence-electron chi connectivity index (χ2n) is 9.82. The van der Waals surface area contributed by atoms with Gasteiger partial charge < -0.3 is 24.6 Å². The van der Waals surface area contributed by atoms with Crippen LogP contribution in [0, 0.1) is 0 Å². The molecule has 1 aliphatic carbocycles. The highest BCUT2D eigenvalue weighted by molar-refractivity contribution is 5.65. The number of halogens is 3. The molecule has 2 aliphatic rings. The smallest absolute Gasteiger partial charge is 0.485 e. The summed E-state index contributed by atoms with van der Waals surface area (Å²) < 4.78 is 50.1. The monoisotopic (exact) mass is 522 g/mol. The van der Waals surface area contributed by atoms with Gasteiger partial charge in [0.1, 0.15) is 6.61 Å². The summed E-state index contributed by atoms with van der Waals surface area (Å²) in [7, 11) is 0. The molecule has 0 bridgehead atoms. The van der Waals surface area contributed by atoms with Gasteiger partial charge in [0.2, 0.25) is 0 Å². The number of alkyl halides is 3. The van der Waals surface area contributed by atoms with Crippen LogP contribution in [0.15, 0.2) is 48.5 Å². The van der Waals surface area contributed by atoms with Crippen LogP contribution in [0.4, 0.5) is 18.0 Å². The molecule has 2 aromatic rings.